The second-order valence-corrected chi connectivity index (χ2v) is 6.62. The summed E-state index contributed by atoms with van der Waals surface area (Å²) in [5.41, 5.74) is 0.249. The zero-order valence-corrected chi connectivity index (χ0v) is 14.3. The molecule has 0 spiro atoms. The van der Waals surface area contributed by atoms with E-state index in [0.717, 1.165) is 11.8 Å². The minimum atomic E-state index is -0.426. The number of halogens is 1. The molecule has 1 aliphatic heterocycles. The van der Waals surface area contributed by atoms with E-state index >= 15 is 0 Å². The average molecular weight is 351 g/mol. The molecule has 24 heavy (non-hydrogen) atoms. The van der Waals surface area contributed by atoms with Crippen molar-refractivity contribution in [2.24, 2.45) is 0 Å². The van der Waals surface area contributed by atoms with Crippen molar-refractivity contribution in [3.05, 3.63) is 30.1 Å². The second kappa shape index (κ2) is 7.31. The summed E-state index contributed by atoms with van der Waals surface area (Å²) < 4.78 is 24.8. The zero-order valence-electron chi connectivity index (χ0n) is 13.4. The Balaban J connectivity index is 1.59. The van der Waals surface area contributed by atoms with E-state index in [0.29, 0.717) is 13.1 Å². The van der Waals surface area contributed by atoms with Gasteiger partial charge in [0.2, 0.25) is 5.91 Å². The van der Waals surface area contributed by atoms with E-state index in [-0.39, 0.29) is 40.5 Å². The van der Waals surface area contributed by atoms with Crippen LogP contribution in [0.2, 0.25) is 0 Å². The van der Waals surface area contributed by atoms with E-state index in [2.05, 4.69) is 10.2 Å². The average Bonchev–Trinajstić information content (AvgIpc) is 3.01. The molecule has 0 unspecified atom stereocenters. The number of rotatable bonds is 4. The van der Waals surface area contributed by atoms with Crippen molar-refractivity contribution >= 4 is 17.7 Å². The summed E-state index contributed by atoms with van der Waals surface area (Å²) in [6.07, 6.45) is 0.0533. The normalized spacial score (nSPS) is 21.0. The Morgan fingerprint density at radius 3 is 2.71 bits per heavy atom. The smallest absolute Gasteiger partial charge is 0.277 e. The van der Waals surface area contributed by atoms with E-state index in [9.17, 15) is 9.18 Å². The van der Waals surface area contributed by atoms with Gasteiger partial charge in [-0.1, -0.05) is 23.9 Å². The lowest BCUT2D eigenvalue weighted by molar-refractivity contribution is -0.140. The zero-order chi connectivity index (χ0) is 17.1. The number of carbonyl (C=O) groups excluding carboxylic acids is 1. The summed E-state index contributed by atoms with van der Waals surface area (Å²) in [7, 11) is 0. The van der Waals surface area contributed by atoms with Gasteiger partial charge in [0, 0.05) is 13.1 Å². The van der Waals surface area contributed by atoms with Crippen LogP contribution in [0.15, 0.2) is 33.9 Å². The number of carbonyl (C=O) groups is 1. The number of hydrogen-bond acceptors (Lipinski definition) is 6. The molecule has 3 rings (SSSR count). The Morgan fingerprint density at radius 1 is 1.29 bits per heavy atom. The van der Waals surface area contributed by atoms with Crippen LogP contribution in [0.4, 0.5) is 4.39 Å². The molecule has 2 atom stereocenters. The molecule has 6 nitrogen and oxygen atoms in total. The van der Waals surface area contributed by atoms with Crippen LogP contribution >= 0.6 is 11.8 Å². The van der Waals surface area contributed by atoms with E-state index in [1.54, 1.807) is 23.1 Å². The van der Waals surface area contributed by atoms with Gasteiger partial charge in [0.05, 0.1) is 23.5 Å². The van der Waals surface area contributed by atoms with Gasteiger partial charge in [0.1, 0.15) is 5.82 Å². The van der Waals surface area contributed by atoms with Crippen molar-refractivity contribution in [1.29, 1.82) is 0 Å². The summed E-state index contributed by atoms with van der Waals surface area (Å²) >= 11 is 1.15. The molecule has 1 aromatic carbocycles. The fourth-order valence-corrected chi connectivity index (χ4v) is 3.27. The highest BCUT2D eigenvalue weighted by atomic mass is 32.2. The van der Waals surface area contributed by atoms with Crippen molar-refractivity contribution in [2.45, 2.75) is 31.3 Å². The van der Waals surface area contributed by atoms with Crippen LogP contribution in [0.25, 0.3) is 11.5 Å². The standard InChI is InChI=1S/C16H18FN3O3S/c1-10-7-20(8-11(2)22-10)14(21)9-24-16-19-18-15(23-16)12-5-3-4-6-13(12)17/h3-6,10-11H,7-9H2,1-2H3/t10-,11-/m0/s1. The maximum absolute atomic E-state index is 13.7. The summed E-state index contributed by atoms with van der Waals surface area (Å²) in [4.78, 5) is 14.1. The molecule has 0 bridgehead atoms. The molecule has 1 aliphatic rings. The molecule has 0 N–H and O–H groups in total. The number of ether oxygens (including phenoxy) is 1. The van der Waals surface area contributed by atoms with Crippen molar-refractivity contribution in [2.75, 3.05) is 18.8 Å². The van der Waals surface area contributed by atoms with Gasteiger partial charge in [-0.2, -0.15) is 0 Å². The topological polar surface area (TPSA) is 68.5 Å². The quantitative estimate of drug-likeness (QED) is 0.789. The molecule has 2 aromatic rings. The summed E-state index contributed by atoms with van der Waals surface area (Å²) in [6, 6.07) is 6.18. The van der Waals surface area contributed by atoms with Gasteiger partial charge in [-0.05, 0) is 26.0 Å². The highest BCUT2D eigenvalue weighted by molar-refractivity contribution is 7.99. The first-order chi connectivity index (χ1) is 11.5. The van der Waals surface area contributed by atoms with Crippen LogP contribution in [0.5, 0.6) is 0 Å². The molecular weight excluding hydrogens is 333 g/mol. The number of amides is 1. The highest BCUT2D eigenvalue weighted by Gasteiger charge is 2.26. The van der Waals surface area contributed by atoms with E-state index in [1.165, 1.54) is 6.07 Å². The fourth-order valence-electron chi connectivity index (χ4n) is 2.61. The van der Waals surface area contributed by atoms with Crippen LogP contribution in [0, 0.1) is 5.82 Å². The lowest BCUT2D eigenvalue weighted by atomic mass is 10.2. The fraction of sp³-hybridized carbons (Fsp3) is 0.438. The van der Waals surface area contributed by atoms with Crippen molar-refractivity contribution < 1.29 is 18.3 Å². The Morgan fingerprint density at radius 2 is 2.00 bits per heavy atom. The van der Waals surface area contributed by atoms with E-state index in [1.807, 2.05) is 13.8 Å². The van der Waals surface area contributed by atoms with Crippen LogP contribution < -0.4 is 0 Å². The predicted octanol–water partition coefficient (Wildman–Crippen LogP) is 2.60. The highest BCUT2D eigenvalue weighted by Crippen LogP contribution is 2.25. The van der Waals surface area contributed by atoms with Crippen LogP contribution in [-0.2, 0) is 9.53 Å². The van der Waals surface area contributed by atoms with Crippen molar-refractivity contribution in [1.82, 2.24) is 15.1 Å². The largest absolute Gasteiger partial charge is 0.411 e. The minimum Gasteiger partial charge on any atom is -0.411 e. The van der Waals surface area contributed by atoms with Gasteiger partial charge in [0.25, 0.3) is 11.1 Å². The molecule has 0 aliphatic carbocycles. The lowest BCUT2D eigenvalue weighted by Crippen LogP contribution is -2.48. The molecule has 8 heteroatoms. The van der Waals surface area contributed by atoms with E-state index in [4.69, 9.17) is 9.15 Å². The monoisotopic (exact) mass is 351 g/mol. The number of nitrogens with zero attached hydrogens (tertiary/aromatic N) is 3. The van der Waals surface area contributed by atoms with Gasteiger partial charge < -0.3 is 14.1 Å². The second-order valence-electron chi connectivity index (χ2n) is 5.70. The summed E-state index contributed by atoms with van der Waals surface area (Å²) in [6.45, 7) is 5.05. The maximum Gasteiger partial charge on any atom is 0.277 e. The van der Waals surface area contributed by atoms with Gasteiger partial charge in [-0.15, -0.1) is 10.2 Å². The Hall–Kier alpha value is -1.93. The molecule has 128 valence electrons. The van der Waals surface area contributed by atoms with Gasteiger partial charge in [-0.3, -0.25) is 4.79 Å². The molecule has 1 aromatic heterocycles. The number of morpholine rings is 1. The number of hydrogen-bond donors (Lipinski definition) is 0. The van der Waals surface area contributed by atoms with Gasteiger partial charge >= 0.3 is 0 Å². The molecular formula is C16H18FN3O3S. The first-order valence-corrected chi connectivity index (χ1v) is 8.66. The first-order valence-electron chi connectivity index (χ1n) is 7.67. The third kappa shape index (κ3) is 3.93. The lowest BCUT2D eigenvalue weighted by Gasteiger charge is -2.35. The molecule has 1 amide bonds. The molecule has 0 radical (unpaired) electrons. The van der Waals surface area contributed by atoms with Crippen molar-refractivity contribution in [3.8, 4) is 11.5 Å². The summed E-state index contributed by atoms with van der Waals surface area (Å²) in [5.74, 6) is -0.132. The molecule has 1 saturated heterocycles. The van der Waals surface area contributed by atoms with Crippen molar-refractivity contribution in [3.63, 3.8) is 0 Å². The molecule has 1 fully saturated rings. The maximum atomic E-state index is 13.7. The van der Waals surface area contributed by atoms with Gasteiger partial charge in [0.15, 0.2) is 0 Å². The minimum absolute atomic E-state index is 0.00681. The molecule has 0 saturated carbocycles. The molecule has 2 heterocycles. The number of benzene rings is 1. The number of thioether (sulfide) groups is 1. The predicted molar refractivity (Wildman–Crippen MR) is 87.0 cm³/mol. The summed E-state index contributed by atoms with van der Waals surface area (Å²) in [5, 5.41) is 7.95. The third-order valence-corrected chi connectivity index (χ3v) is 4.41. The SMILES string of the molecule is C[C@H]1CN(C(=O)CSc2nnc(-c3ccccc3F)o2)C[C@H](C)O1. The Kier molecular flexibility index (Phi) is 5.15. The van der Waals surface area contributed by atoms with Crippen LogP contribution in [0.3, 0.4) is 0 Å². The first kappa shape index (κ1) is 16.9. The Bertz CT molecular complexity index is 714. The van der Waals surface area contributed by atoms with E-state index < -0.39 is 5.82 Å². The number of aromatic nitrogens is 2. The Labute approximate surface area is 143 Å². The van der Waals surface area contributed by atoms with Crippen LogP contribution in [-0.4, -0.2) is 52.1 Å². The third-order valence-electron chi connectivity index (χ3n) is 3.60. The van der Waals surface area contributed by atoms with Crippen LogP contribution in [0.1, 0.15) is 13.8 Å². The van der Waals surface area contributed by atoms with Gasteiger partial charge in [-0.25, -0.2) is 4.39 Å².